The van der Waals surface area contributed by atoms with E-state index in [-0.39, 0.29) is 5.91 Å². The number of carbonyl (C=O) groups excluding carboxylic acids is 1. The Kier molecular flexibility index (Phi) is 3.72. The highest BCUT2D eigenvalue weighted by atomic mass is 32.1. The molecule has 17 heavy (non-hydrogen) atoms. The Balaban J connectivity index is 2.14. The summed E-state index contributed by atoms with van der Waals surface area (Å²) in [6.45, 7) is 4.18. The van der Waals surface area contributed by atoms with Crippen LogP contribution in [0.5, 0.6) is 0 Å². The molecule has 3 nitrogen and oxygen atoms in total. The molecule has 1 aliphatic carbocycles. The number of carbonyl (C=O) groups is 1. The van der Waals surface area contributed by atoms with Crippen LogP contribution in [0.1, 0.15) is 61.4 Å². The zero-order chi connectivity index (χ0) is 12.4. The molecule has 0 bridgehead atoms. The Morgan fingerprint density at radius 2 is 2.12 bits per heavy atom. The zero-order valence-electron chi connectivity index (χ0n) is 10.5. The van der Waals surface area contributed by atoms with Crippen molar-refractivity contribution in [3.05, 3.63) is 16.5 Å². The van der Waals surface area contributed by atoms with Gasteiger partial charge in [0.1, 0.15) is 0 Å². The third-order valence-corrected chi connectivity index (χ3v) is 4.22. The first-order valence-corrected chi connectivity index (χ1v) is 7.15. The summed E-state index contributed by atoms with van der Waals surface area (Å²) in [5.74, 6) is 0.354. The monoisotopic (exact) mass is 252 g/mol. The van der Waals surface area contributed by atoms with Crippen LogP contribution in [0, 0.1) is 0 Å². The van der Waals surface area contributed by atoms with Gasteiger partial charge in [0, 0.05) is 6.04 Å². The van der Waals surface area contributed by atoms with Crippen LogP contribution in [0.3, 0.4) is 0 Å². The van der Waals surface area contributed by atoms with E-state index < -0.39 is 0 Å². The molecule has 1 fully saturated rings. The van der Waals surface area contributed by atoms with Gasteiger partial charge in [-0.15, -0.1) is 11.3 Å². The Hall–Kier alpha value is -1.03. The SMILES string of the molecule is CC(C)c1csc(N)c1C(=O)NC1CCCC1. The largest absolute Gasteiger partial charge is 0.390 e. The number of thiophene rings is 1. The van der Waals surface area contributed by atoms with Crippen molar-refractivity contribution in [1.82, 2.24) is 5.32 Å². The van der Waals surface area contributed by atoms with Gasteiger partial charge in [0.05, 0.1) is 10.6 Å². The quantitative estimate of drug-likeness (QED) is 0.868. The number of amides is 1. The third kappa shape index (κ3) is 2.63. The van der Waals surface area contributed by atoms with E-state index in [4.69, 9.17) is 5.73 Å². The number of anilines is 1. The van der Waals surface area contributed by atoms with Crippen LogP contribution in [-0.4, -0.2) is 11.9 Å². The summed E-state index contributed by atoms with van der Waals surface area (Å²) in [5.41, 5.74) is 7.69. The third-order valence-electron chi connectivity index (χ3n) is 3.39. The van der Waals surface area contributed by atoms with Gasteiger partial charge in [0.15, 0.2) is 0 Å². The lowest BCUT2D eigenvalue weighted by Gasteiger charge is -2.14. The molecule has 0 spiro atoms. The van der Waals surface area contributed by atoms with Gasteiger partial charge in [-0.2, -0.15) is 0 Å². The fourth-order valence-electron chi connectivity index (χ4n) is 2.38. The summed E-state index contributed by atoms with van der Waals surface area (Å²) in [7, 11) is 0. The van der Waals surface area contributed by atoms with E-state index in [0.29, 0.717) is 22.5 Å². The maximum Gasteiger partial charge on any atom is 0.254 e. The molecule has 1 amide bonds. The van der Waals surface area contributed by atoms with E-state index in [2.05, 4.69) is 19.2 Å². The van der Waals surface area contributed by atoms with Gasteiger partial charge in [-0.05, 0) is 29.7 Å². The van der Waals surface area contributed by atoms with Crippen molar-refractivity contribution in [3.63, 3.8) is 0 Å². The number of hydrogen-bond acceptors (Lipinski definition) is 3. The van der Waals surface area contributed by atoms with Crippen LogP contribution in [0.25, 0.3) is 0 Å². The molecule has 2 rings (SSSR count). The maximum atomic E-state index is 12.2. The van der Waals surface area contributed by atoms with Gasteiger partial charge in [-0.25, -0.2) is 0 Å². The fourth-order valence-corrected chi connectivity index (χ4v) is 3.35. The van der Waals surface area contributed by atoms with Crippen LogP contribution < -0.4 is 11.1 Å². The predicted octanol–water partition coefficient (Wildman–Crippen LogP) is 3.13. The fraction of sp³-hybridized carbons (Fsp3) is 0.615. The summed E-state index contributed by atoms with van der Waals surface area (Å²) in [6, 6.07) is 0.349. The van der Waals surface area contributed by atoms with Crippen molar-refractivity contribution in [2.75, 3.05) is 5.73 Å². The molecular formula is C13H20N2OS. The lowest BCUT2D eigenvalue weighted by molar-refractivity contribution is 0.0938. The molecule has 3 N–H and O–H groups in total. The second-order valence-electron chi connectivity index (χ2n) is 5.04. The first kappa shape index (κ1) is 12.4. The molecule has 4 heteroatoms. The van der Waals surface area contributed by atoms with Crippen molar-refractivity contribution in [2.24, 2.45) is 0 Å². The first-order valence-electron chi connectivity index (χ1n) is 6.27. The zero-order valence-corrected chi connectivity index (χ0v) is 11.3. The lowest BCUT2D eigenvalue weighted by atomic mass is 10.0. The van der Waals surface area contributed by atoms with Crippen LogP contribution >= 0.6 is 11.3 Å². The molecule has 0 unspecified atom stereocenters. The van der Waals surface area contributed by atoms with Crippen molar-refractivity contribution in [3.8, 4) is 0 Å². The molecule has 0 atom stereocenters. The molecule has 1 aromatic rings. The molecule has 0 saturated heterocycles. The highest BCUT2D eigenvalue weighted by Crippen LogP contribution is 2.31. The summed E-state index contributed by atoms with van der Waals surface area (Å²) in [6.07, 6.45) is 4.65. The summed E-state index contributed by atoms with van der Waals surface area (Å²) >= 11 is 1.46. The topological polar surface area (TPSA) is 55.1 Å². The van der Waals surface area contributed by atoms with Crippen molar-refractivity contribution < 1.29 is 4.79 Å². The Labute approximate surface area is 106 Å². The first-order chi connectivity index (χ1) is 8.09. The normalized spacial score (nSPS) is 16.6. The van der Waals surface area contributed by atoms with Gasteiger partial charge in [0.2, 0.25) is 0 Å². The molecule has 1 aliphatic rings. The molecular weight excluding hydrogens is 232 g/mol. The smallest absolute Gasteiger partial charge is 0.254 e. The van der Waals surface area contributed by atoms with Gasteiger partial charge in [-0.3, -0.25) is 4.79 Å². The minimum Gasteiger partial charge on any atom is -0.390 e. The number of nitrogens with two attached hydrogens (primary N) is 1. The average Bonchev–Trinajstić information content (AvgIpc) is 2.86. The van der Waals surface area contributed by atoms with Crippen molar-refractivity contribution in [1.29, 1.82) is 0 Å². The molecule has 0 radical (unpaired) electrons. The number of hydrogen-bond donors (Lipinski definition) is 2. The van der Waals surface area contributed by atoms with Gasteiger partial charge in [0.25, 0.3) is 5.91 Å². The molecule has 94 valence electrons. The molecule has 1 saturated carbocycles. The molecule has 0 aliphatic heterocycles. The Bertz CT molecular complexity index is 406. The lowest BCUT2D eigenvalue weighted by Crippen LogP contribution is -2.33. The number of nitrogen functional groups attached to an aromatic ring is 1. The maximum absolute atomic E-state index is 12.2. The minimum atomic E-state index is 0.0133. The van der Waals surface area contributed by atoms with E-state index in [1.807, 2.05) is 5.38 Å². The average molecular weight is 252 g/mol. The van der Waals surface area contributed by atoms with Crippen LogP contribution in [0.2, 0.25) is 0 Å². The van der Waals surface area contributed by atoms with E-state index >= 15 is 0 Å². The van der Waals surface area contributed by atoms with E-state index in [0.717, 1.165) is 18.4 Å². The number of nitrogens with one attached hydrogen (secondary N) is 1. The van der Waals surface area contributed by atoms with E-state index in [9.17, 15) is 4.79 Å². The second kappa shape index (κ2) is 5.08. The van der Waals surface area contributed by atoms with E-state index in [1.165, 1.54) is 24.2 Å². The van der Waals surface area contributed by atoms with E-state index in [1.54, 1.807) is 0 Å². The van der Waals surface area contributed by atoms with Crippen molar-refractivity contribution in [2.45, 2.75) is 51.5 Å². The van der Waals surface area contributed by atoms with Crippen molar-refractivity contribution >= 4 is 22.2 Å². The summed E-state index contributed by atoms with van der Waals surface area (Å²) in [4.78, 5) is 12.2. The minimum absolute atomic E-state index is 0.0133. The standard InChI is InChI=1S/C13H20N2OS/c1-8(2)10-7-17-12(14)11(10)13(16)15-9-5-3-4-6-9/h7-9H,3-6,14H2,1-2H3,(H,15,16). The van der Waals surface area contributed by atoms with Crippen LogP contribution in [0.4, 0.5) is 5.00 Å². The second-order valence-corrected chi connectivity index (χ2v) is 5.95. The summed E-state index contributed by atoms with van der Waals surface area (Å²) in [5, 5.41) is 5.75. The van der Waals surface area contributed by atoms with Crippen LogP contribution in [-0.2, 0) is 0 Å². The van der Waals surface area contributed by atoms with Gasteiger partial charge >= 0.3 is 0 Å². The predicted molar refractivity (Wildman–Crippen MR) is 72.5 cm³/mol. The molecule has 0 aromatic carbocycles. The molecule has 1 heterocycles. The number of rotatable bonds is 3. The van der Waals surface area contributed by atoms with Gasteiger partial charge < -0.3 is 11.1 Å². The summed E-state index contributed by atoms with van der Waals surface area (Å²) < 4.78 is 0. The van der Waals surface area contributed by atoms with Crippen LogP contribution in [0.15, 0.2) is 5.38 Å². The highest BCUT2D eigenvalue weighted by Gasteiger charge is 2.23. The molecule has 1 aromatic heterocycles. The highest BCUT2D eigenvalue weighted by molar-refractivity contribution is 7.14. The Morgan fingerprint density at radius 3 is 2.71 bits per heavy atom. The van der Waals surface area contributed by atoms with Gasteiger partial charge in [-0.1, -0.05) is 26.7 Å². The Morgan fingerprint density at radius 1 is 1.47 bits per heavy atom.